The molecule has 5 nitrogen and oxygen atoms in total. The van der Waals surface area contributed by atoms with Gasteiger partial charge in [-0.3, -0.25) is 4.79 Å². The van der Waals surface area contributed by atoms with Crippen molar-refractivity contribution in [3.05, 3.63) is 0 Å². The average molecular weight is 282 g/mol. The number of aliphatic carboxylic acids is 1. The first kappa shape index (κ1) is 15.1. The molecule has 2 amide bonds. The molecule has 2 aliphatic rings. The second-order valence-corrected chi connectivity index (χ2v) is 6.31. The van der Waals surface area contributed by atoms with Crippen molar-refractivity contribution in [3.8, 4) is 0 Å². The minimum Gasteiger partial charge on any atom is -0.481 e. The highest BCUT2D eigenvalue weighted by Gasteiger charge is 2.28. The van der Waals surface area contributed by atoms with Crippen LogP contribution in [0, 0.1) is 11.8 Å². The Kier molecular flexibility index (Phi) is 5.26. The molecular formula is C15H26N2O3. The summed E-state index contributed by atoms with van der Waals surface area (Å²) >= 11 is 0. The zero-order valence-electron chi connectivity index (χ0n) is 12.4. The summed E-state index contributed by atoms with van der Waals surface area (Å²) in [5, 5.41) is 8.70. The monoisotopic (exact) mass is 282 g/mol. The maximum atomic E-state index is 12.4. The molecule has 2 fully saturated rings. The number of carboxylic acid groups (broad SMARTS) is 1. The molecule has 1 N–H and O–H groups in total. The molecule has 0 aromatic carbocycles. The highest BCUT2D eigenvalue weighted by atomic mass is 16.4. The van der Waals surface area contributed by atoms with Gasteiger partial charge in [0.05, 0.1) is 0 Å². The fourth-order valence-electron chi connectivity index (χ4n) is 3.14. The van der Waals surface area contributed by atoms with Gasteiger partial charge in [0.25, 0.3) is 0 Å². The van der Waals surface area contributed by atoms with Crippen LogP contribution in [0.3, 0.4) is 0 Å². The molecule has 0 aromatic heterocycles. The molecule has 0 atom stereocenters. The Labute approximate surface area is 120 Å². The number of carboxylic acids is 1. The molecule has 0 aromatic rings. The summed E-state index contributed by atoms with van der Waals surface area (Å²) in [6.45, 7) is 5.60. The van der Waals surface area contributed by atoms with Crippen LogP contribution < -0.4 is 0 Å². The van der Waals surface area contributed by atoms with E-state index >= 15 is 0 Å². The van der Waals surface area contributed by atoms with Crippen molar-refractivity contribution in [2.24, 2.45) is 11.8 Å². The minimum atomic E-state index is -0.717. The van der Waals surface area contributed by atoms with Crippen molar-refractivity contribution in [1.82, 2.24) is 9.80 Å². The number of piperidine rings is 2. The number of hydrogen-bond acceptors (Lipinski definition) is 2. The van der Waals surface area contributed by atoms with Crippen molar-refractivity contribution in [2.45, 2.75) is 45.4 Å². The molecule has 0 bridgehead atoms. The summed E-state index contributed by atoms with van der Waals surface area (Å²) < 4.78 is 0. The fraction of sp³-hybridized carbons (Fsp3) is 0.867. The lowest BCUT2D eigenvalue weighted by molar-refractivity contribution is -0.137. The van der Waals surface area contributed by atoms with E-state index in [1.165, 1.54) is 0 Å². The van der Waals surface area contributed by atoms with E-state index in [2.05, 4.69) is 6.92 Å². The van der Waals surface area contributed by atoms with Crippen molar-refractivity contribution in [2.75, 3.05) is 26.2 Å². The van der Waals surface area contributed by atoms with E-state index in [4.69, 9.17) is 5.11 Å². The molecule has 5 heteroatoms. The second-order valence-electron chi connectivity index (χ2n) is 6.31. The van der Waals surface area contributed by atoms with Crippen LogP contribution in [0.2, 0.25) is 0 Å². The van der Waals surface area contributed by atoms with Crippen LogP contribution in [0.4, 0.5) is 4.79 Å². The number of rotatable bonds is 3. The number of nitrogens with zero attached hydrogens (tertiary/aromatic N) is 2. The van der Waals surface area contributed by atoms with Crippen molar-refractivity contribution in [1.29, 1.82) is 0 Å². The molecule has 114 valence electrons. The van der Waals surface area contributed by atoms with Crippen LogP contribution in [0.15, 0.2) is 0 Å². The smallest absolute Gasteiger partial charge is 0.319 e. The van der Waals surface area contributed by atoms with Gasteiger partial charge in [-0.1, -0.05) is 6.92 Å². The fourth-order valence-corrected chi connectivity index (χ4v) is 3.14. The second kappa shape index (κ2) is 6.95. The van der Waals surface area contributed by atoms with Gasteiger partial charge in [0.15, 0.2) is 0 Å². The minimum absolute atomic E-state index is 0.189. The SMILES string of the molecule is CC1CCN(C(=O)N2CCC(CCC(=O)O)CC2)CC1. The summed E-state index contributed by atoms with van der Waals surface area (Å²) in [4.78, 5) is 26.9. The normalized spacial score (nSPS) is 22.1. The highest BCUT2D eigenvalue weighted by molar-refractivity contribution is 5.74. The third-order valence-electron chi connectivity index (χ3n) is 4.71. The molecular weight excluding hydrogens is 256 g/mol. The summed E-state index contributed by atoms with van der Waals surface area (Å²) in [5.41, 5.74) is 0. The van der Waals surface area contributed by atoms with Gasteiger partial charge < -0.3 is 14.9 Å². The van der Waals surface area contributed by atoms with E-state index in [1.54, 1.807) is 0 Å². The third-order valence-corrected chi connectivity index (χ3v) is 4.71. The number of likely N-dealkylation sites (tertiary alicyclic amines) is 2. The van der Waals surface area contributed by atoms with E-state index < -0.39 is 5.97 Å². The lowest BCUT2D eigenvalue weighted by Crippen LogP contribution is -2.49. The van der Waals surface area contributed by atoms with E-state index in [0.717, 1.165) is 64.2 Å². The van der Waals surface area contributed by atoms with E-state index in [1.807, 2.05) is 9.80 Å². The molecule has 20 heavy (non-hydrogen) atoms. The number of carbonyl (C=O) groups is 2. The third kappa shape index (κ3) is 4.12. The Hall–Kier alpha value is -1.26. The molecule has 0 unspecified atom stereocenters. The van der Waals surface area contributed by atoms with Gasteiger partial charge in [-0.15, -0.1) is 0 Å². The Balaban J connectivity index is 1.73. The van der Waals surface area contributed by atoms with Crippen LogP contribution in [-0.2, 0) is 4.79 Å². The summed E-state index contributed by atoms with van der Waals surface area (Å²) in [6.07, 6.45) is 5.12. The average Bonchev–Trinajstić information content (AvgIpc) is 2.46. The molecule has 2 heterocycles. The Morgan fingerprint density at radius 1 is 1.00 bits per heavy atom. The van der Waals surface area contributed by atoms with Crippen LogP contribution in [0.25, 0.3) is 0 Å². The predicted molar refractivity (Wildman–Crippen MR) is 76.5 cm³/mol. The van der Waals surface area contributed by atoms with Crippen LogP contribution >= 0.6 is 0 Å². The van der Waals surface area contributed by atoms with Gasteiger partial charge in [0.1, 0.15) is 0 Å². The zero-order chi connectivity index (χ0) is 14.5. The van der Waals surface area contributed by atoms with Crippen LogP contribution in [-0.4, -0.2) is 53.1 Å². The van der Waals surface area contributed by atoms with Gasteiger partial charge >= 0.3 is 12.0 Å². The first-order valence-electron chi connectivity index (χ1n) is 7.82. The first-order chi connectivity index (χ1) is 9.56. The van der Waals surface area contributed by atoms with Gasteiger partial charge in [-0.05, 0) is 43.9 Å². The molecule has 0 aliphatic carbocycles. The Morgan fingerprint density at radius 3 is 2.00 bits per heavy atom. The summed E-state index contributed by atoms with van der Waals surface area (Å²) in [7, 11) is 0. The Bertz CT molecular complexity index is 343. The number of amides is 2. The number of hydrogen-bond donors (Lipinski definition) is 1. The van der Waals surface area contributed by atoms with Crippen LogP contribution in [0.1, 0.15) is 45.4 Å². The molecule has 2 aliphatic heterocycles. The molecule has 0 saturated carbocycles. The molecule has 0 radical (unpaired) electrons. The maximum absolute atomic E-state index is 12.4. The lowest BCUT2D eigenvalue weighted by Gasteiger charge is -2.38. The van der Waals surface area contributed by atoms with Gasteiger partial charge in [0, 0.05) is 32.6 Å². The summed E-state index contributed by atoms with van der Waals surface area (Å²) in [5.74, 6) is 0.489. The number of carbonyl (C=O) groups excluding carboxylic acids is 1. The summed E-state index contributed by atoms with van der Waals surface area (Å²) in [6, 6.07) is 0.189. The number of urea groups is 1. The quantitative estimate of drug-likeness (QED) is 0.864. The zero-order valence-corrected chi connectivity index (χ0v) is 12.4. The van der Waals surface area contributed by atoms with E-state index in [-0.39, 0.29) is 12.5 Å². The highest BCUT2D eigenvalue weighted by Crippen LogP contribution is 2.24. The molecule has 0 spiro atoms. The maximum Gasteiger partial charge on any atom is 0.319 e. The Morgan fingerprint density at radius 2 is 1.50 bits per heavy atom. The molecule has 2 rings (SSSR count). The van der Waals surface area contributed by atoms with Gasteiger partial charge in [-0.2, -0.15) is 0 Å². The van der Waals surface area contributed by atoms with Crippen molar-refractivity contribution in [3.63, 3.8) is 0 Å². The van der Waals surface area contributed by atoms with E-state index in [0.29, 0.717) is 5.92 Å². The topological polar surface area (TPSA) is 60.9 Å². The van der Waals surface area contributed by atoms with E-state index in [9.17, 15) is 9.59 Å². The predicted octanol–water partition coefficient (Wildman–Crippen LogP) is 2.42. The standard InChI is InChI=1S/C15H26N2O3/c1-12-4-8-16(9-5-12)15(20)17-10-6-13(7-11-17)2-3-14(18)19/h12-13H,2-11H2,1H3,(H,18,19). The van der Waals surface area contributed by atoms with Gasteiger partial charge in [-0.25, -0.2) is 4.79 Å². The largest absolute Gasteiger partial charge is 0.481 e. The van der Waals surface area contributed by atoms with Crippen molar-refractivity contribution >= 4 is 12.0 Å². The van der Waals surface area contributed by atoms with Crippen LogP contribution in [0.5, 0.6) is 0 Å². The molecule has 2 saturated heterocycles. The first-order valence-corrected chi connectivity index (χ1v) is 7.82. The van der Waals surface area contributed by atoms with Crippen molar-refractivity contribution < 1.29 is 14.7 Å². The lowest BCUT2D eigenvalue weighted by atomic mass is 9.92. The van der Waals surface area contributed by atoms with Gasteiger partial charge in [0.2, 0.25) is 0 Å².